The zero-order valence-electron chi connectivity index (χ0n) is 13.8. The van der Waals surface area contributed by atoms with E-state index in [1.807, 2.05) is 67.7 Å². The van der Waals surface area contributed by atoms with E-state index >= 15 is 0 Å². The van der Waals surface area contributed by atoms with Crippen LogP contribution in [-0.2, 0) is 4.79 Å². The summed E-state index contributed by atoms with van der Waals surface area (Å²) in [5, 5.41) is 7.21. The van der Waals surface area contributed by atoms with E-state index in [1.165, 1.54) is 0 Å². The van der Waals surface area contributed by atoms with E-state index in [9.17, 15) is 4.79 Å². The van der Waals surface area contributed by atoms with Crippen molar-refractivity contribution in [3.63, 3.8) is 0 Å². The Hall–Kier alpha value is -2.59. The Morgan fingerprint density at radius 3 is 2.58 bits per heavy atom. The zero-order chi connectivity index (χ0) is 16.8. The van der Waals surface area contributed by atoms with Crippen LogP contribution in [0.3, 0.4) is 0 Å². The molecule has 0 saturated heterocycles. The summed E-state index contributed by atoms with van der Waals surface area (Å²) >= 11 is 0. The molecule has 0 aliphatic heterocycles. The van der Waals surface area contributed by atoms with Crippen molar-refractivity contribution >= 4 is 16.9 Å². The van der Waals surface area contributed by atoms with E-state index in [1.54, 1.807) is 0 Å². The fourth-order valence-electron chi connectivity index (χ4n) is 2.77. The molecule has 1 atom stereocenters. The van der Waals surface area contributed by atoms with Crippen molar-refractivity contribution in [3.8, 4) is 0 Å². The number of carbonyl (C=O) groups excluding carboxylic acids is 1. The SMILES string of the molecule is CNCCCC(=O)NC(c1ccccc1)c1cc2ccccc2o1. The van der Waals surface area contributed by atoms with E-state index in [0.29, 0.717) is 6.42 Å². The van der Waals surface area contributed by atoms with Crippen LogP contribution in [0.15, 0.2) is 65.1 Å². The lowest BCUT2D eigenvalue weighted by atomic mass is 10.0. The number of para-hydroxylation sites is 1. The first kappa shape index (κ1) is 16.3. The number of carbonyl (C=O) groups is 1. The molecule has 1 aromatic heterocycles. The highest BCUT2D eigenvalue weighted by Gasteiger charge is 2.20. The van der Waals surface area contributed by atoms with Crippen LogP contribution in [0.1, 0.15) is 30.2 Å². The lowest BCUT2D eigenvalue weighted by molar-refractivity contribution is -0.121. The summed E-state index contributed by atoms with van der Waals surface area (Å²) in [6, 6.07) is 19.5. The second-order valence-corrected chi connectivity index (χ2v) is 5.80. The minimum absolute atomic E-state index is 0.0274. The Morgan fingerprint density at radius 1 is 1.08 bits per heavy atom. The summed E-state index contributed by atoms with van der Waals surface area (Å²) in [5.74, 6) is 0.781. The Labute approximate surface area is 141 Å². The number of hydrogen-bond acceptors (Lipinski definition) is 3. The average molecular weight is 322 g/mol. The Morgan fingerprint density at radius 2 is 1.83 bits per heavy atom. The van der Waals surface area contributed by atoms with Gasteiger partial charge in [0.05, 0.1) is 0 Å². The number of benzene rings is 2. The zero-order valence-corrected chi connectivity index (χ0v) is 13.8. The molecule has 1 amide bonds. The van der Waals surface area contributed by atoms with Gasteiger partial charge in [0.2, 0.25) is 5.91 Å². The van der Waals surface area contributed by atoms with Gasteiger partial charge < -0.3 is 15.1 Å². The summed E-state index contributed by atoms with van der Waals surface area (Å²) in [5.41, 5.74) is 1.84. The molecule has 24 heavy (non-hydrogen) atoms. The van der Waals surface area contributed by atoms with Gasteiger partial charge in [-0.1, -0.05) is 48.5 Å². The van der Waals surface area contributed by atoms with Crippen LogP contribution in [0.25, 0.3) is 11.0 Å². The van der Waals surface area contributed by atoms with Crippen LogP contribution in [0, 0.1) is 0 Å². The molecule has 3 rings (SSSR count). The summed E-state index contributed by atoms with van der Waals surface area (Å²) in [6.45, 7) is 0.827. The van der Waals surface area contributed by atoms with Gasteiger partial charge in [0.25, 0.3) is 0 Å². The van der Waals surface area contributed by atoms with Gasteiger partial charge in [-0.05, 0) is 37.7 Å². The third-order valence-electron chi connectivity index (χ3n) is 4.00. The second kappa shape index (κ2) is 7.79. The largest absolute Gasteiger partial charge is 0.459 e. The third-order valence-corrected chi connectivity index (χ3v) is 4.00. The molecule has 4 heteroatoms. The fraction of sp³-hybridized carbons (Fsp3) is 0.250. The van der Waals surface area contributed by atoms with Crippen molar-refractivity contribution in [2.24, 2.45) is 0 Å². The summed E-state index contributed by atoms with van der Waals surface area (Å²) < 4.78 is 5.98. The molecule has 0 bridgehead atoms. The van der Waals surface area contributed by atoms with Gasteiger partial charge in [-0.15, -0.1) is 0 Å². The average Bonchev–Trinajstić information content (AvgIpc) is 3.04. The maximum absolute atomic E-state index is 12.3. The summed E-state index contributed by atoms with van der Waals surface area (Å²) in [4.78, 5) is 12.3. The van der Waals surface area contributed by atoms with Crippen molar-refractivity contribution in [1.82, 2.24) is 10.6 Å². The van der Waals surface area contributed by atoms with Crippen LogP contribution in [0.4, 0.5) is 0 Å². The van der Waals surface area contributed by atoms with Crippen LogP contribution < -0.4 is 10.6 Å². The van der Waals surface area contributed by atoms with E-state index in [2.05, 4.69) is 10.6 Å². The first-order chi connectivity index (χ1) is 11.8. The van der Waals surface area contributed by atoms with Crippen LogP contribution in [-0.4, -0.2) is 19.5 Å². The predicted molar refractivity (Wildman–Crippen MR) is 95.8 cm³/mol. The normalized spacial score (nSPS) is 12.2. The fourth-order valence-corrected chi connectivity index (χ4v) is 2.77. The van der Waals surface area contributed by atoms with Gasteiger partial charge in [-0.25, -0.2) is 0 Å². The lowest BCUT2D eigenvalue weighted by Crippen LogP contribution is -2.29. The van der Waals surface area contributed by atoms with Crippen molar-refractivity contribution in [3.05, 3.63) is 72.0 Å². The van der Waals surface area contributed by atoms with Gasteiger partial charge >= 0.3 is 0 Å². The minimum Gasteiger partial charge on any atom is -0.459 e. The number of furan rings is 1. The van der Waals surface area contributed by atoms with Crippen molar-refractivity contribution in [2.45, 2.75) is 18.9 Å². The van der Waals surface area contributed by atoms with Crippen LogP contribution >= 0.6 is 0 Å². The quantitative estimate of drug-likeness (QED) is 0.653. The molecule has 4 nitrogen and oxygen atoms in total. The topological polar surface area (TPSA) is 54.3 Å². The minimum atomic E-state index is -0.277. The molecule has 0 spiro atoms. The van der Waals surface area contributed by atoms with Crippen molar-refractivity contribution < 1.29 is 9.21 Å². The molecule has 2 N–H and O–H groups in total. The maximum Gasteiger partial charge on any atom is 0.220 e. The monoisotopic (exact) mass is 322 g/mol. The molecule has 2 aromatic carbocycles. The Balaban J connectivity index is 1.86. The number of nitrogens with one attached hydrogen (secondary N) is 2. The van der Waals surface area contributed by atoms with Gasteiger partial charge in [0.15, 0.2) is 0 Å². The molecule has 1 heterocycles. The predicted octanol–water partition coefficient (Wildman–Crippen LogP) is 3.64. The van der Waals surface area contributed by atoms with E-state index in [-0.39, 0.29) is 11.9 Å². The molecule has 0 radical (unpaired) electrons. The molecule has 0 aliphatic rings. The van der Waals surface area contributed by atoms with E-state index in [0.717, 1.165) is 35.3 Å². The highest BCUT2D eigenvalue weighted by atomic mass is 16.3. The number of rotatable bonds is 7. The molecule has 3 aromatic rings. The van der Waals surface area contributed by atoms with Crippen molar-refractivity contribution in [1.29, 1.82) is 0 Å². The van der Waals surface area contributed by atoms with Gasteiger partial charge in [-0.2, -0.15) is 0 Å². The highest BCUT2D eigenvalue weighted by molar-refractivity contribution is 5.79. The first-order valence-corrected chi connectivity index (χ1v) is 8.25. The molecule has 1 unspecified atom stereocenters. The summed E-state index contributed by atoms with van der Waals surface area (Å²) in [7, 11) is 1.89. The third kappa shape index (κ3) is 3.84. The summed E-state index contributed by atoms with van der Waals surface area (Å²) in [6.07, 6.45) is 1.30. The van der Waals surface area contributed by atoms with Crippen LogP contribution in [0.5, 0.6) is 0 Å². The molecule has 0 fully saturated rings. The Kier molecular flexibility index (Phi) is 5.29. The molecule has 124 valence electrons. The number of amides is 1. The first-order valence-electron chi connectivity index (χ1n) is 8.25. The van der Waals surface area contributed by atoms with Gasteiger partial charge in [-0.3, -0.25) is 4.79 Å². The Bertz CT molecular complexity index is 763. The van der Waals surface area contributed by atoms with Gasteiger partial charge in [0.1, 0.15) is 17.4 Å². The molecular formula is C20H22N2O2. The number of hydrogen-bond donors (Lipinski definition) is 2. The highest BCUT2D eigenvalue weighted by Crippen LogP contribution is 2.28. The second-order valence-electron chi connectivity index (χ2n) is 5.80. The van der Waals surface area contributed by atoms with Gasteiger partial charge in [0, 0.05) is 11.8 Å². The van der Waals surface area contributed by atoms with Crippen molar-refractivity contribution in [2.75, 3.05) is 13.6 Å². The van der Waals surface area contributed by atoms with E-state index in [4.69, 9.17) is 4.42 Å². The molecule has 0 saturated carbocycles. The number of fused-ring (bicyclic) bond motifs is 1. The van der Waals surface area contributed by atoms with Crippen LogP contribution in [0.2, 0.25) is 0 Å². The molecular weight excluding hydrogens is 300 g/mol. The smallest absolute Gasteiger partial charge is 0.220 e. The van der Waals surface area contributed by atoms with E-state index < -0.39 is 0 Å². The molecule has 0 aliphatic carbocycles. The lowest BCUT2D eigenvalue weighted by Gasteiger charge is -2.17. The standard InChI is InChI=1S/C20H22N2O2/c1-21-13-7-12-19(23)22-20(15-8-3-2-4-9-15)18-14-16-10-5-6-11-17(16)24-18/h2-6,8-11,14,20-21H,7,12-13H2,1H3,(H,22,23). The maximum atomic E-state index is 12.3.